The van der Waals surface area contributed by atoms with Crippen molar-refractivity contribution in [3.05, 3.63) is 71.1 Å². The maximum absolute atomic E-state index is 11.0. The Morgan fingerprint density at radius 3 is 2.52 bits per heavy atom. The van der Waals surface area contributed by atoms with Crippen LogP contribution >= 0.6 is 0 Å². The molecule has 6 nitrogen and oxygen atoms in total. The summed E-state index contributed by atoms with van der Waals surface area (Å²) in [5.74, 6) is -0.939. The first-order valence-electron chi connectivity index (χ1n) is 9.84. The predicted octanol–water partition coefficient (Wildman–Crippen LogP) is 3.44. The Kier molecular flexibility index (Phi) is 6.53. The molecule has 2 aromatic carbocycles. The topological polar surface area (TPSA) is 68.4 Å². The molecular weight excluding hydrogens is 366 g/mol. The number of piperidine rings is 1. The molecule has 1 aliphatic rings. The molecule has 152 valence electrons. The second-order valence-corrected chi connectivity index (χ2v) is 7.81. The Morgan fingerprint density at radius 2 is 1.90 bits per heavy atom. The highest BCUT2D eigenvalue weighted by molar-refractivity contribution is 5.88. The third-order valence-corrected chi connectivity index (χ3v) is 5.63. The summed E-state index contributed by atoms with van der Waals surface area (Å²) in [6, 6.07) is 14.5. The van der Waals surface area contributed by atoms with E-state index < -0.39 is 11.6 Å². The van der Waals surface area contributed by atoms with Gasteiger partial charge in [0.15, 0.2) is 5.69 Å². The number of hydrogen-bond acceptors (Lipinski definition) is 4. The second-order valence-electron chi connectivity index (χ2n) is 7.81. The smallest absolute Gasteiger partial charge is 0.335 e. The van der Waals surface area contributed by atoms with E-state index >= 15 is 0 Å². The van der Waals surface area contributed by atoms with Crippen molar-refractivity contribution in [3.8, 4) is 0 Å². The molecule has 0 radical (unpaired) electrons. The fraction of sp³-hybridized carbons (Fsp3) is 0.391. The van der Waals surface area contributed by atoms with Crippen LogP contribution in [0.4, 0.5) is 11.4 Å². The molecule has 0 unspecified atom stereocenters. The van der Waals surface area contributed by atoms with E-state index in [9.17, 15) is 9.90 Å². The lowest BCUT2D eigenvalue weighted by molar-refractivity contribution is -0.0137. The van der Waals surface area contributed by atoms with Gasteiger partial charge >= 0.3 is 5.97 Å². The van der Waals surface area contributed by atoms with E-state index in [-0.39, 0.29) is 5.56 Å². The first-order chi connectivity index (χ1) is 13.9. The highest BCUT2D eigenvalue weighted by Gasteiger charge is 2.33. The van der Waals surface area contributed by atoms with Crippen LogP contribution in [0.3, 0.4) is 0 Å². The number of carboxylic acids is 1. The maximum Gasteiger partial charge on any atom is 0.335 e. The molecule has 3 rings (SSSR count). The van der Waals surface area contributed by atoms with E-state index in [0.717, 1.165) is 31.7 Å². The van der Waals surface area contributed by atoms with Crippen molar-refractivity contribution in [3.63, 3.8) is 0 Å². The minimum absolute atomic E-state index is 0.260. The number of aromatic carboxylic acids is 1. The van der Waals surface area contributed by atoms with Crippen LogP contribution < -0.4 is 4.90 Å². The van der Waals surface area contributed by atoms with Crippen molar-refractivity contribution in [2.75, 3.05) is 38.1 Å². The SMILES string of the molecule is [C-]#[N+]c1cccc(CCN2CCC(O)(CN(C)c3ccc(C(=O)O)cc3)CC2)c1. The molecule has 6 heteroatoms. The molecule has 2 N–H and O–H groups in total. The average molecular weight is 393 g/mol. The van der Waals surface area contributed by atoms with Gasteiger partial charge in [0.05, 0.1) is 17.7 Å². The molecular formula is C23H27N3O3. The standard InChI is InChI=1S/C23H27N3O3/c1-24-20-5-3-4-18(16-20)10-13-26-14-11-23(29,12-15-26)17-25(2)21-8-6-19(7-9-21)22(27)28/h3-9,16,29H,10-15,17H2,2H3,(H,27,28). The molecule has 1 aliphatic heterocycles. The first kappa shape index (κ1) is 20.8. The van der Waals surface area contributed by atoms with Crippen molar-refractivity contribution >= 4 is 17.3 Å². The van der Waals surface area contributed by atoms with Crippen LogP contribution in [-0.2, 0) is 6.42 Å². The number of rotatable bonds is 7. The van der Waals surface area contributed by atoms with E-state index in [1.54, 1.807) is 24.3 Å². The normalized spacial score (nSPS) is 16.2. The number of hydrogen-bond donors (Lipinski definition) is 2. The van der Waals surface area contributed by atoms with Gasteiger partial charge in [0.1, 0.15) is 0 Å². The van der Waals surface area contributed by atoms with Gasteiger partial charge in [0.2, 0.25) is 0 Å². The van der Waals surface area contributed by atoms with Crippen molar-refractivity contribution in [1.29, 1.82) is 0 Å². The molecule has 0 aromatic heterocycles. The van der Waals surface area contributed by atoms with E-state index in [4.69, 9.17) is 11.7 Å². The fourth-order valence-corrected chi connectivity index (χ4v) is 3.81. The number of nitrogens with zero attached hydrogens (tertiary/aromatic N) is 3. The van der Waals surface area contributed by atoms with Gasteiger partial charge in [-0.3, -0.25) is 0 Å². The van der Waals surface area contributed by atoms with Gasteiger partial charge < -0.3 is 20.0 Å². The second kappa shape index (κ2) is 9.08. The molecule has 0 amide bonds. The zero-order valence-corrected chi connectivity index (χ0v) is 16.7. The number of carboxylic acid groups (broad SMARTS) is 1. The highest BCUT2D eigenvalue weighted by atomic mass is 16.4. The number of benzene rings is 2. The molecule has 2 aromatic rings. The Labute approximate surface area is 171 Å². The first-order valence-corrected chi connectivity index (χ1v) is 9.84. The molecule has 0 aliphatic carbocycles. The largest absolute Gasteiger partial charge is 0.478 e. The van der Waals surface area contributed by atoms with Crippen molar-refractivity contribution in [1.82, 2.24) is 4.90 Å². The van der Waals surface area contributed by atoms with Crippen LogP contribution in [0.25, 0.3) is 4.85 Å². The predicted molar refractivity (Wildman–Crippen MR) is 114 cm³/mol. The Hall–Kier alpha value is -2.88. The van der Waals surface area contributed by atoms with Gasteiger partial charge in [-0.15, -0.1) is 0 Å². The van der Waals surface area contributed by atoms with Crippen molar-refractivity contribution in [2.24, 2.45) is 0 Å². The fourth-order valence-electron chi connectivity index (χ4n) is 3.81. The number of likely N-dealkylation sites (tertiary alicyclic amines) is 1. The number of aliphatic hydroxyl groups is 1. The van der Waals surface area contributed by atoms with Crippen LogP contribution in [0, 0.1) is 6.57 Å². The molecule has 1 heterocycles. The number of anilines is 1. The van der Waals surface area contributed by atoms with Gasteiger partial charge in [-0.1, -0.05) is 29.8 Å². The molecule has 0 saturated carbocycles. The van der Waals surface area contributed by atoms with Gasteiger partial charge in [0.25, 0.3) is 0 Å². The lowest BCUT2D eigenvalue weighted by atomic mass is 9.90. The minimum Gasteiger partial charge on any atom is -0.478 e. The van der Waals surface area contributed by atoms with Crippen LogP contribution in [0.1, 0.15) is 28.8 Å². The molecule has 29 heavy (non-hydrogen) atoms. The highest BCUT2D eigenvalue weighted by Crippen LogP contribution is 2.26. The number of likely N-dealkylation sites (N-methyl/N-ethyl adjacent to an activating group) is 1. The summed E-state index contributed by atoms with van der Waals surface area (Å²) in [4.78, 5) is 18.8. The molecule has 0 spiro atoms. The maximum atomic E-state index is 11.0. The summed E-state index contributed by atoms with van der Waals surface area (Å²) in [7, 11) is 1.92. The minimum atomic E-state index is -0.939. The van der Waals surface area contributed by atoms with E-state index in [1.165, 1.54) is 5.56 Å². The van der Waals surface area contributed by atoms with Crippen LogP contribution in [-0.4, -0.2) is 59.9 Å². The summed E-state index contributed by atoms with van der Waals surface area (Å²) in [6.45, 7) is 10.2. The van der Waals surface area contributed by atoms with Gasteiger partial charge in [-0.05, 0) is 43.5 Å². The van der Waals surface area contributed by atoms with Crippen molar-refractivity contribution in [2.45, 2.75) is 24.9 Å². The van der Waals surface area contributed by atoms with E-state index in [0.29, 0.717) is 25.1 Å². The summed E-state index contributed by atoms with van der Waals surface area (Å²) < 4.78 is 0. The van der Waals surface area contributed by atoms with Gasteiger partial charge in [0, 0.05) is 38.9 Å². The van der Waals surface area contributed by atoms with Crippen molar-refractivity contribution < 1.29 is 15.0 Å². The quantitative estimate of drug-likeness (QED) is 0.706. The van der Waals surface area contributed by atoms with E-state index in [2.05, 4.69) is 15.8 Å². The van der Waals surface area contributed by atoms with Crippen LogP contribution in [0.15, 0.2) is 48.5 Å². The Balaban J connectivity index is 1.49. The number of carbonyl (C=O) groups is 1. The molecule has 0 atom stereocenters. The van der Waals surface area contributed by atoms with Gasteiger partial charge in [-0.25, -0.2) is 9.64 Å². The Morgan fingerprint density at radius 1 is 1.21 bits per heavy atom. The summed E-state index contributed by atoms with van der Waals surface area (Å²) in [6.07, 6.45) is 2.30. The summed E-state index contributed by atoms with van der Waals surface area (Å²) in [5.41, 5.74) is 2.25. The summed E-state index contributed by atoms with van der Waals surface area (Å²) in [5, 5.41) is 20.0. The van der Waals surface area contributed by atoms with Crippen LogP contribution in [0.5, 0.6) is 0 Å². The molecule has 0 bridgehead atoms. The lowest BCUT2D eigenvalue weighted by Crippen LogP contribution is -2.50. The lowest BCUT2D eigenvalue weighted by Gasteiger charge is -2.40. The molecule has 1 saturated heterocycles. The monoisotopic (exact) mass is 393 g/mol. The van der Waals surface area contributed by atoms with E-state index in [1.807, 2.05) is 30.1 Å². The summed E-state index contributed by atoms with van der Waals surface area (Å²) >= 11 is 0. The average Bonchev–Trinajstić information content (AvgIpc) is 2.73. The zero-order valence-electron chi connectivity index (χ0n) is 16.7. The van der Waals surface area contributed by atoms with Crippen LogP contribution in [0.2, 0.25) is 0 Å². The van der Waals surface area contributed by atoms with Gasteiger partial charge in [-0.2, -0.15) is 0 Å². The third-order valence-electron chi connectivity index (χ3n) is 5.63. The zero-order chi connectivity index (χ0) is 20.9. The Bertz CT molecular complexity index is 881. The third kappa shape index (κ3) is 5.57. The molecule has 1 fully saturated rings.